The first-order valence-electron chi connectivity index (χ1n) is 7.55. The van der Waals surface area contributed by atoms with Crippen LogP contribution in [0.15, 0.2) is 57.9 Å². The first-order chi connectivity index (χ1) is 11.0. The average Bonchev–Trinajstić information content (AvgIpc) is 2.55. The summed E-state index contributed by atoms with van der Waals surface area (Å²) in [5.74, 6) is 0. The molecule has 4 nitrogen and oxygen atoms in total. The Balaban J connectivity index is 1.76. The van der Waals surface area contributed by atoms with Crippen LogP contribution in [0.4, 0.5) is 5.69 Å². The van der Waals surface area contributed by atoms with Crippen LogP contribution in [0.3, 0.4) is 0 Å². The van der Waals surface area contributed by atoms with Crippen LogP contribution in [0, 0.1) is 6.92 Å². The van der Waals surface area contributed by atoms with Gasteiger partial charge in [-0.1, -0.05) is 24.3 Å². The summed E-state index contributed by atoms with van der Waals surface area (Å²) < 4.78 is 27.9. The summed E-state index contributed by atoms with van der Waals surface area (Å²) in [4.78, 5) is 2.56. The molecule has 0 spiro atoms. The zero-order valence-corrected chi connectivity index (χ0v) is 15.3. The molecule has 122 valence electrons. The number of benzene rings is 2. The third-order valence-electron chi connectivity index (χ3n) is 4.07. The van der Waals surface area contributed by atoms with Crippen LogP contribution < -0.4 is 4.90 Å². The van der Waals surface area contributed by atoms with Crippen LogP contribution in [0.2, 0.25) is 0 Å². The van der Waals surface area contributed by atoms with Gasteiger partial charge in [-0.2, -0.15) is 4.31 Å². The minimum atomic E-state index is -3.46. The van der Waals surface area contributed by atoms with Crippen molar-refractivity contribution in [3.8, 4) is 0 Å². The molecule has 1 aliphatic heterocycles. The Hall–Kier alpha value is -1.37. The number of anilines is 1. The van der Waals surface area contributed by atoms with Crippen molar-refractivity contribution in [3.05, 3.63) is 58.6 Å². The number of sulfonamides is 1. The van der Waals surface area contributed by atoms with Crippen molar-refractivity contribution in [1.29, 1.82) is 0 Å². The predicted molar refractivity (Wildman–Crippen MR) is 96.3 cm³/mol. The topological polar surface area (TPSA) is 40.6 Å². The molecule has 2 aromatic rings. The van der Waals surface area contributed by atoms with Crippen LogP contribution in [-0.4, -0.2) is 38.9 Å². The standard InChI is InChI=1S/C17H19BrN2O2S/c1-14-7-8-17(16(18)13-14)23(21,22)20-11-9-19(10-12-20)15-5-3-2-4-6-15/h2-8,13H,9-12H2,1H3. The highest BCUT2D eigenvalue weighted by molar-refractivity contribution is 9.10. The summed E-state index contributed by atoms with van der Waals surface area (Å²) in [5.41, 5.74) is 2.17. The maximum atomic E-state index is 12.8. The molecular weight excluding hydrogens is 376 g/mol. The Morgan fingerprint density at radius 2 is 1.61 bits per heavy atom. The second-order valence-corrected chi connectivity index (χ2v) is 8.42. The van der Waals surface area contributed by atoms with Crippen LogP contribution in [-0.2, 0) is 10.0 Å². The van der Waals surface area contributed by atoms with Crippen molar-refractivity contribution in [2.24, 2.45) is 0 Å². The van der Waals surface area contributed by atoms with Crippen molar-refractivity contribution in [1.82, 2.24) is 4.31 Å². The van der Waals surface area contributed by atoms with Gasteiger partial charge in [0.25, 0.3) is 0 Å². The number of nitrogens with zero attached hydrogens (tertiary/aromatic N) is 2. The van der Waals surface area contributed by atoms with Crippen LogP contribution >= 0.6 is 15.9 Å². The third kappa shape index (κ3) is 3.44. The van der Waals surface area contributed by atoms with E-state index < -0.39 is 10.0 Å². The van der Waals surface area contributed by atoms with Crippen molar-refractivity contribution < 1.29 is 8.42 Å². The number of piperazine rings is 1. The lowest BCUT2D eigenvalue weighted by atomic mass is 10.2. The van der Waals surface area contributed by atoms with Gasteiger partial charge >= 0.3 is 0 Å². The highest BCUT2D eigenvalue weighted by Gasteiger charge is 2.29. The number of rotatable bonds is 3. The van der Waals surface area contributed by atoms with Gasteiger partial charge in [0.15, 0.2) is 0 Å². The van der Waals surface area contributed by atoms with Crippen LogP contribution in [0.1, 0.15) is 5.56 Å². The molecule has 0 bridgehead atoms. The summed E-state index contributed by atoms with van der Waals surface area (Å²) in [5, 5.41) is 0. The molecule has 0 aliphatic carbocycles. The molecule has 3 rings (SSSR count). The van der Waals surface area contributed by atoms with Crippen LogP contribution in [0.25, 0.3) is 0 Å². The van der Waals surface area contributed by atoms with E-state index in [1.807, 2.05) is 37.3 Å². The Kier molecular flexibility index (Phi) is 4.75. The van der Waals surface area contributed by atoms with Gasteiger partial charge in [0.2, 0.25) is 10.0 Å². The zero-order chi connectivity index (χ0) is 16.4. The maximum Gasteiger partial charge on any atom is 0.244 e. The molecule has 0 amide bonds. The first kappa shape index (κ1) is 16.5. The summed E-state index contributed by atoms with van der Waals surface area (Å²) in [6.07, 6.45) is 0. The van der Waals surface area contributed by atoms with E-state index in [0.717, 1.165) is 11.3 Å². The number of halogens is 1. The molecule has 1 saturated heterocycles. The number of para-hydroxylation sites is 1. The van der Waals surface area contributed by atoms with Crippen molar-refractivity contribution in [3.63, 3.8) is 0 Å². The second-order valence-electron chi connectivity index (χ2n) is 5.66. The molecule has 0 N–H and O–H groups in total. The summed E-state index contributed by atoms with van der Waals surface area (Å²) in [7, 11) is -3.46. The fraction of sp³-hybridized carbons (Fsp3) is 0.294. The number of hydrogen-bond donors (Lipinski definition) is 0. The van der Waals surface area contributed by atoms with Gasteiger partial charge in [-0.25, -0.2) is 8.42 Å². The minimum Gasteiger partial charge on any atom is -0.369 e. The van der Waals surface area contributed by atoms with Gasteiger partial charge < -0.3 is 4.90 Å². The second kappa shape index (κ2) is 6.63. The largest absolute Gasteiger partial charge is 0.369 e. The van der Waals surface area contributed by atoms with Crippen molar-refractivity contribution in [2.45, 2.75) is 11.8 Å². The van der Waals surface area contributed by atoms with E-state index in [9.17, 15) is 8.42 Å². The SMILES string of the molecule is Cc1ccc(S(=O)(=O)N2CCN(c3ccccc3)CC2)c(Br)c1. The number of aryl methyl sites for hydroxylation is 1. The van der Waals surface area contributed by atoms with E-state index in [-0.39, 0.29) is 0 Å². The van der Waals surface area contributed by atoms with E-state index >= 15 is 0 Å². The molecule has 0 aromatic heterocycles. The Morgan fingerprint density at radius 3 is 2.22 bits per heavy atom. The van der Waals surface area contributed by atoms with Gasteiger partial charge in [-0.05, 0) is 52.7 Å². The molecule has 6 heteroatoms. The first-order valence-corrected chi connectivity index (χ1v) is 9.78. The normalized spacial score (nSPS) is 16.5. The maximum absolute atomic E-state index is 12.8. The Labute approximate surface area is 145 Å². The smallest absolute Gasteiger partial charge is 0.244 e. The molecule has 1 fully saturated rings. The van der Waals surface area contributed by atoms with Crippen LogP contribution in [0.5, 0.6) is 0 Å². The van der Waals surface area contributed by atoms with Gasteiger partial charge in [0, 0.05) is 36.3 Å². The average molecular weight is 395 g/mol. The van der Waals surface area contributed by atoms with Gasteiger partial charge in [0.05, 0.1) is 4.90 Å². The molecular formula is C17H19BrN2O2S. The fourth-order valence-corrected chi connectivity index (χ4v) is 5.35. The van der Waals surface area contributed by atoms with Gasteiger partial charge in [-0.3, -0.25) is 0 Å². The fourth-order valence-electron chi connectivity index (χ4n) is 2.78. The molecule has 0 atom stereocenters. The quantitative estimate of drug-likeness (QED) is 0.801. The summed E-state index contributed by atoms with van der Waals surface area (Å²) in [6.45, 7) is 4.34. The third-order valence-corrected chi connectivity index (χ3v) is 6.94. The van der Waals surface area contributed by atoms with Gasteiger partial charge in [-0.15, -0.1) is 0 Å². The lowest BCUT2D eigenvalue weighted by Crippen LogP contribution is -2.48. The molecule has 1 heterocycles. The van der Waals surface area contributed by atoms with Crippen molar-refractivity contribution in [2.75, 3.05) is 31.1 Å². The van der Waals surface area contributed by atoms with E-state index in [1.165, 1.54) is 0 Å². The molecule has 0 radical (unpaired) electrons. The lowest BCUT2D eigenvalue weighted by Gasteiger charge is -2.35. The monoisotopic (exact) mass is 394 g/mol. The minimum absolute atomic E-state index is 0.344. The van der Waals surface area contributed by atoms with E-state index in [0.29, 0.717) is 35.5 Å². The summed E-state index contributed by atoms with van der Waals surface area (Å²) in [6, 6.07) is 15.5. The van der Waals surface area contributed by atoms with E-state index in [4.69, 9.17) is 0 Å². The molecule has 2 aromatic carbocycles. The molecule has 1 aliphatic rings. The predicted octanol–water partition coefficient (Wildman–Crippen LogP) is 3.27. The molecule has 23 heavy (non-hydrogen) atoms. The molecule has 0 unspecified atom stereocenters. The lowest BCUT2D eigenvalue weighted by molar-refractivity contribution is 0.384. The Morgan fingerprint density at radius 1 is 0.957 bits per heavy atom. The summed E-state index contributed by atoms with van der Waals surface area (Å²) >= 11 is 3.38. The number of hydrogen-bond acceptors (Lipinski definition) is 3. The Bertz CT molecular complexity index is 785. The van der Waals surface area contributed by atoms with E-state index in [2.05, 4.69) is 33.0 Å². The van der Waals surface area contributed by atoms with E-state index in [1.54, 1.807) is 10.4 Å². The zero-order valence-electron chi connectivity index (χ0n) is 12.9. The highest BCUT2D eigenvalue weighted by Crippen LogP contribution is 2.27. The van der Waals surface area contributed by atoms with Crippen molar-refractivity contribution >= 4 is 31.6 Å². The van der Waals surface area contributed by atoms with Gasteiger partial charge in [0.1, 0.15) is 0 Å². The molecule has 0 saturated carbocycles. The highest BCUT2D eigenvalue weighted by atomic mass is 79.9.